The first-order valence-corrected chi connectivity index (χ1v) is 9.64. The molecule has 144 valence electrons. The molecule has 8 heteroatoms. The first-order chi connectivity index (χ1) is 13.2. The highest BCUT2D eigenvalue weighted by Crippen LogP contribution is 2.22. The van der Waals surface area contributed by atoms with Gasteiger partial charge < -0.3 is 14.5 Å². The minimum Gasteiger partial charge on any atom is -0.378 e. The van der Waals surface area contributed by atoms with E-state index < -0.39 is 0 Å². The fraction of sp³-hybridized carbons (Fsp3) is 0.474. The summed E-state index contributed by atoms with van der Waals surface area (Å²) in [6.45, 7) is 6.94. The molecule has 0 N–H and O–H groups in total. The Bertz CT molecular complexity index is 758. The van der Waals surface area contributed by atoms with Crippen molar-refractivity contribution >= 4 is 23.4 Å². The first-order valence-electron chi connectivity index (χ1n) is 9.26. The Morgan fingerprint density at radius 1 is 1.00 bits per heavy atom. The molecule has 0 unspecified atom stereocenters. The molecule has 27 heavy (non-hydrogen) atoms. The van der Waals surface area contributed by atoms with Crippen molar-refractivity contribution in [1.82, 2.24) is 14.9 Å². The molecule has 4 rings (SSSR count). The van der Waals surface area contributed by atoms with E-state index in [1.165, 1.54) is 6.07 Å². The molecule has 2 aliphatic heterocycles. The van der Waals surface area contributed by atoms with E-state index in [4.69, 9.17) is 21.3 Å². The van der Waals surface area contributed by atoms with Crippen LogP contribution in [0, 0.1) is 5.82 Å². The van der Waals surface area contributed by atoms with E-state index in [9.17, 15) is 4.39 Å². The highest BCUT2D eigenvalue weighted by atomic mass is 35.5. The summed E-state index contributed by atoms with van der Waals surface area (Å²) < 4.78 is 19.4. The van der Waals surface area contributed by atoms with Crippen molar-refractivity contribution in [2.24, 2.45) is 0 Å². The van der Waals surface area contributed by atoms with Crippen LogP contribution in [-0.2, 0) is 11.3 Å². The number of piperazine rings is 1. The van der Waals surface area contributed by atoms with Gasteiger partial charge in [-0.05, 0) is 18.2 Å². The van der Waals surface area contributed by atoms with E-state index in [0.717, 1.165) is 64.2 Å². The summed E-state index contributed by atoms with van der Waals surface area (Å²) in [4.78, 5) is 15.8. The molecule has 2 saturated heterocycles. The molecule has 2 aromatic rings. The van der Waals surface area contributed by atoms with Crippen molar-refractivity contribution in [3.63, 3.8) is 0 Å². The normalized spacial score (nSPS) is 18.7. The lowest BCUT2D eigenvalue weighted by Crippen LogP contribution is -2.46. The molecule has 3 heterocycles. The van der Waals surface area contributed by atoms with Crippen LogP contribution in [0.5, 0.6) is 0 Å². The number of aromatic nitrogens is 2. The van der Waals surface area contributed by atoms with Crippen LogP contribution in [0.25, 0.3) is 0 Å². The van der Waals surface area contributed by atoms with Gasteiger partial charge in [0.05, 0.1) is 13.2 Å². The lowest BCUT2D eigenvalue weighted by molar-refractivity contribution is 0.122. The Balaban J connectivity index is 1.38. The van der Waals surface area contributed by atoms with E-state index in [0.29, 0.717) is 17.1 Å². The summed E-state index contributed by atoms with van der Waals surface area (Å²) in [6, 6.07) is 6.78. The fourth-order valence-electron chi connectivity index (χ4n) is 3.47. The lowest BCUT2D eigenvalue weighted by atomic mass is 10.2. The lowest BCUT2D eigenvalue weighted by Gasteiger charge is -2.35. The van der Waals surface area contributed by atoms with Crippen LogP contribution in [0.2, 0.25) is 5.02 Å². The van der Waals surface area contributed by atoms with Gasteiger partial charge in [0.2, 0.25) is 5.95 Å². The second-order valence-electron chi connectivity index (χ2n) is 6.78. The maximum absolute atomic E-state index is 14.0. The third-order valence-electron chi connectivity index (χ3n) is 5.06. The number of anilines is 2. The molecule has 0 aliphatic carbocycles. The third-order valence-corrected chi connectivity index (χ3v) is 5.42. The molecule has 2 fully saturated rings. The summed E-state index contributed by atoms with van der Waals surface area (Å²) >= 11 is 6.15. The highest BCUT2D eigenvalue weighted by Gasteiger charge is 2.22. The van der Waals surface area contributed by atoms with Gasteiger partial charge in [0.15, 0.2) is 0 Å². The Labute approximate surface area is 163 Å². The predicted molar refractivity (Wildman–Crippen MR) is 104 cm³/mol. The van der Waals surface area contributed by atoms with Gasteiger partial charge in [-0.15, -0.1) is 0 Å². The average Bonchev–Trinajstić information content (AvgIpc) is 2.72. The smallest absolute Gasteiger partial charge is 0.227 e. The molecule has 0 spiro atoms. The number of hydrogen-bond acceptors (Lipinski definition) is 6. The van der Waals surface area contributed by atoms with Crippen molar-refractivity contribution in [2.75, 3.05) is 62.3 Å². The van der Waals surface area contributed by atoms with Gasteiger partial charge in [-0.25, -0.2) is 9.37 Å². The van der Waals surface area contributed by atoms with Crippen molar-refractivity contribution in [3.8, 4) is 0 Å². The van der Waals surface area contributed by atoms with Crippen LogP contribution in [0.1, 0.15) is 5.56 Å². The van der Waals surface area contributed by atoms with Crippen LogP contribution in [0.3, 0.4) is 0 Å². The van der Waals surface area contributed by atoms with E-state index >= 15 is 0 Å². The molecule has 6 nitrogen and oxygen atoms in total. The quantitative estimate of drug-likeness (QED) is 0.797. The average molecular weight is 392 g/mol. The van der Waals surface area contributed by atoms with Crippen LogP contribution < -0.4 is 9.80 Å². The molecular formula is C19H23ClFN5O. The Morgan fingerprint density at radius 3 is 2.52 bits per heavy atom. The zero-order valence-corrected chi connectivity index (χ0v) is 15.9. The molecule has 0 radical (unpaired) electrons. The number of morpholine rings is 1. The third kappa shape index (κ3) is 4.31. The molecule has 0 atom stereocenters. The van der Waals surface area contributed by atoms with Crippen molar-refractivity contribution in [3.05, 3.63) is 46.9 Å². The maximum Gasteiger partial charge on any atom is 0.227 e. The van der Waals surface area contributed by atoms with Crippen molar-refractivity contribution in [2.45, 2.75) is 6.54 Å². The summed E-state index contributed by atoms with van der Waals surface area (Å²) in [6.07, 6.45) is 1.82. The van der Waals surface area contributed by atoms with Gasteiger partial charge in [0, 0.05) is 62.6 Å². The van der Waals surface area contributed by atoms with Crippen molar-refractivity contribution < 1.29 is 9.13 Å². The Morgan fingerprint density at radius 2 is 1.78 bits per heavy atom. The highest BCUT2D eigenvalue weighted by molar-refractivity contribution is 6.31. The van der Waals surface area contributed by atoms with Crippen molar-refractivity contribution in [1.29, 1.82) is 0 Å². The maximum atomic E-state index is 14.0. The van der Waals surface area contributed by atoms with E-state index in [2.05, 4.69) is 19.7 Å². The monoisotopic (exact) mass is 391 g/mol. The standard InChI is InChI=1S/C19H23ClFN5O/c20-16-2-1-3-17(21)15(16)14-24-6-8-26(9-7-24)19-22-5-4-18(23-19)25-10-12-27-13-11-25/h1-5H,6-14H2. The van der Waals surface area contributed by atoms with Gasteiger partial charge in [0.1, 0.15) is 11.6 Å². The van der Waals surface area contributed by atoms with Gasteiger partial charge in [-0.3, -0.25) is 4.90 Å². The van der Waals surface area contributed by atoms with Crippen LogP contribution in [0.15, 0.2) is 30.5 Å². The molecule has 1 aromatic carbocycles. The zero-order valence-electron chi connectivity index (χ0n) is 15.2. The van der Waals surface area contributed by atoms with Crippen LogP contribution >= 0.6 is 11.6 Å². The van der Waals surface area contributed by atoms with Crippen LogP contribution in [-0.4, -0.2) is 67.4 Å². The first kappa shape index (κ1) is 18.4. The molecule has 0 bridgehead atoms. The van der Waals surface area contributed by atoms with Gasteiger partial charge in [-0.2, -0.15) is 4.98 Å². The molecule has 1 aromatic heterocycles. The summed E-state index contributed by atoms with van der Waals surface area (Å²) in [5.41, 5.74) is 0.568. The summed E-state index contributed by atoms with van der Waals surface area (Å²) in [7, 11) is 0. The van der Waals surface area contributed by atoms with Gasteiger partial charge in [0.25, 0.3) is 0 Å². The number of halogens is 2. The second-order valence-corrected chi connectivity index (χ2v) is 7.18. The van der Waals surface area contributed by atoms with Gasteiger partial charge in [-0.1, -0.05) is 17.7 Å². The van der Waals surface area contributed by atoms with Gasteiger partial charge >= 0.3 is 0 Å². The number of benzene rings is 1. The molecule has 0 saturated carbocycles. The number of hydrogen-bond donors (Lipinski definition) is 0. The molecule has 0 amide bonds. The zero-order chi connectivity index (χ0) is 18.6. The summed E-state index contributed by atoms with van der Waals surface area (Å²) in [5, 5.41) is 0.485. The predicted octanol–water partition coefficient (Wildman–Crippen LogP) is 2.43. The molecular weight excluding hydrogens is 369 g/mol. The largest absolute Gasteiger partial charge is 0.378 e. The second kappa shape index (κ2) is 8.37. The minimum absolute atomic E-state index is 0.244. The van der Waals surface area contributed by atoms with Crippen LogP contribution in [0.4, 0.5) is 16.2 Å². The van der Waals surface area contributed by atoms with E-state index in [-0.39, 0.29) is 5.82 Å². The Hall–Kier alpha value is -1.96. The summed E-state index contributed by atoms with van der Waals surface area (Å²) in [5.74, 6) is 1.46. The van der Waals surface area contributed by atoms with E-state index in [1.54, 1.807) is 12.1 Å². The van der Waals surface area contributed by atoms with E-state index in [1.807, 2.05) is 12.3 Å². The minimum atomic E-state index is -0.244. The molecule has 2 aliphatic rings. The number of nitrogens with zero attached hydrogens (tertiary/aromatic N) is 5. The Kier molecular flexibility index (Phi) is 5.71. The fourth-order valence-corrected chi connectivity index (χ4v) is 3.70. The number of rotatable bonds is 4. The number of ether oxygens (including phenoxy) is 1. The SMILES string of the molecule is Fc1cccc(Cl)c1CN1CCN(c2nccc(N3CCOCC3)n2)CC1. The topological polar surface area (TPSA) is 44.7 Å².